The summed E-state index contributed by atoms with van der Waals surface area (Å²) in [7, 11) is 1.95. The number of aromatic nitrogens is 4. The highest BCUT2D eigenvalue weighted by Gasteiger charge is 2.20. The van der Waals surface area contributed by atoms with Crippen molar-refractivity contribution in [3.8, 4) is 11.3 Å². The second-order valence-electron chi connectivity index (χ2n) is 5.72. The van der Waals surface area contributed by atoms with Crippen molar-refractivity contribution in [3.63, 3.8) is 0 Å². The molecule has 0 atom stereocenters. The summed E-state index contributed by atoms with van der Waals surface area (Å²) in [6, 6.07) is 3.89. The van der Waals surface area contributed by atoms with Crippen molar-refractivity contribution < 1.29 is 9.53 Å². The fraction of sp³-hybridized carbons (Fsp3) is 0.294. The highest BCUT2D eigenvalue weighted by molar-refractivity contribution is 5.95. The average Bonchev–Trinajstić information content (AvgIpc) is 3.03. The Labute approximate surface area is 138 Å². The summed E-state index contributed by atoms with van der Waals surface area (Å²) in [5.74, 6) is -0.106. The van der Waals surface area contributed by atoms with Crippen LogP contribution in [0, 0.1) is 0 Å². The van der Waals surface area contributed by atoms with Crippen molar-refractivity contribution in [2.24, 2.45) is 7.05 Å². The Morgan fingerprint density at radius 2 is 2.04 bits per heavy atom. The number of carbonyl (C=O) groups is 1. The summed E-state index contributed by atoms with van der Waals surface area (Å²) >= 11 is 0. The molecule has 122 valence electrons. The molecule has 3 aromatic rings. The SMILES string of the molecule is Cn1ccc2c(-c3cncc(C(=O)N4CCOCC4)n3)ccnc21. The molecule has 1 amide bonds. The molecular weight excluding hydrogens is 306 g/mol. The van der Waals surface area contributed by atoms with Gasteiger partial charge in [-0.3, -0.25) is 9.78 Å². The molecule has 7 nitrogen and oxygen atoms in total. The first-order valence-electron chi connectivity index (χ1n) is 7.83. The van der Waals surface area contributed by atoms with E-state index in [0.29, 0.717) is 37.7 Å². The molecule has 0 radical (unpaired) electrons. The van der Waals surface area contributed by atoms with Gasteiger partial charge in [-0.25, -0.2) is 9.97 Å². The third-order valence-corrected chi connectivity index (χ3v) is 4.20. The van der Waals surface area contributed by atoms with Crippen LogP contribution in [0.5, 0.6) is 0 Å². The number of amides is 1. The quantitative estimate of drug-likeness (QED) is 0.714. The molecule has 1 saturated heterocycles. The second-order valence-corrected chi connectivity index (χ2v) is 5.72. The zero-order valence-electron chi connectivity index (χ0n) is 13.3. The lowest BCUT2D eigenvalue weighted by Crippen LogP contribution is -2.41. The average molecular weight is 323 g/mol. The molecule has 4 heterocycles. The van der Waals surface area contributed by atoms with Crippen LogP contribution in [0.15, 0.2) is 36.9 Å². The maximum absolute atomic E-state index is 12.6. The predicted octanol–water partition coefficient (Wildman–Crippen LogP) is 1.50. The molecular formula is C17H17N5O2. The lowest BCUT2D eigenvalue weighted by atomic mass is 10.1. The number of hydrogen-bond acceptors (Lipinski definition) is 5. The minimum Gasteiger partial charge on any atom is -0.378 e. The number of morpholine rings is 1. The number of nitrogens with zero attached hydrogens (tertiary/aromatic N) is 5. The number of ether oxygens (including phenoxy) is 1. The molecule has 0 bridgehead atoms. The highest BCUT2D eigenvalue weighted by atomic mass is 16.5. The van der Waals surface area contributed by atoms with Gasteiger partial charge in [-0.05, 0) is 12.1 Å². The molecule has 0 aliphatic carbocycles. The van der Waals surface area contributed by atoms with Gasteiger partial charge in [0.05, 0.1) is 31.3 Å². The molecule has 1 aliphatic heterocycles. The Morgan fingerprint density at radius 1 is 1.21 bits per heavy atom. The number of aryl methyl sites for hydroxylation is 1. The van der Waals surface area contributed by atoms with E-state index in [-0.39, 0.29) is 5.91 Å². The first-order chi connectivity index (χ1) is 11.7. The van der Waals surface area contributed by atoms with Crippen molar-refractivity contribution >= 4 is 16.9 Å². The fourth-order valence-corrected chi connectivity index (χ4v) is 2.92. The van der Waals surface area contributed by atoms with Crippen molar-refractivity contribution in [2.75, 3.05) is 26.3 Å². The van der Waals surface area contributed by atoms with E-state index < -0.39 is 0 Å². The molecule has 4 rings (SSSR count). The van der Waals surface area contributed by atoms with Gasteiger partial charge in [-0.1, -0.05) is 0 Å². The van der Waals surface area contributed by atoms with E-state index in [4.69, 9.17) is 4.74 Å². The molecule has 1 aliphatic rings. The second kappa shape index (κ2) is 6.01. The first kappa shape index (κ1) is 14.8. The van der Waals surface area contributed by atoms with Gasteiger partial charge in [0.15, 0.2) is 0 Å². The van der Waals surface area contributed by atoms with E-state index in [1.807, 2.05) is 29.9 Å². The topological polar surface area (TPSA) is 73.1 Å². The van der Waals surface area contributed by atoms with E-state index in [1.54, 1.807) is 17.3 Å². The van der Waals surface area contributed by atoms with Gasteiger partial charge in [-0.2, -0.15) is 0 Å². The van der Waals surface area contributed by atoms with E-state index in [2.05, 4.69) is 15.0 Å². The van der Waals surface area contributed by atoms with Crippen molar-refractivity contribution in [1.29, 1.82) is 0 Å². The number of fused-ring (bicyclic) bond motifs is 1. The normalized spacial score (nSPS) is 15.0. The van der Waals surface area contributed by atoms with E-state index in [0.717, 1.165) is 16.6 Å². The molecule has 7 heteroatoms. The van der Waals surface area contributed by atoms with Gasteiger partial charge in [0, 0.05) is 43.5 Å². The Bertz CT molecular complexity index is 899. The van der Waals surface area contributed by atoms with Gasteiger partial charge in [0.1, 0.15) is 11.3 Å². The van der Waals surface area contributed by atoms with E-state index >= 15 is 0 Å². The molecule has 3 aromatic heterocycles. The van der Waals surface area contributed by atoms with Gasteiger partial charge in [0.2, 0.25) is 0 Å². The van der Waals surface area contributed by atoms with Crippen LogP contribution in [0.1, 0.15) is 10.5 Å². The summed E-state index contributed by atoms with van der Waals surface area (Å²) in [6.07, 6.45) is 6.90. The van der Waals surface area contributed by atoms with E-state index in [1.165, 1.54) is 6.20 Å². The minimum atomic E-state index is -0.106. The number of pyridine rings is 1. The molecule has 0 saturated carbocycles. The zero-order valence-corrected chi connectivity index (χ0v) is 13.3. The van der Waals surface area contributed by atoms with Crippen molar-refractivity contribution in [1.82, 2.24) is 24.4 Å². The lowest BCUT2D eigenvalue weighted by Gasteiger charge is -2.26. The van der Waals surface area contributed by atoms with Crippen LogP contribution < -0.4 is 0 Å². The van der Waals surface area contributed by atoms with Crippen molar-refractivity contribution in [3.05, 3.63) is 42.6 Å². The Hall–Kier alpha value is -2.80. The number of rotatable bonds is 2. The molecule has 0 N–H and O–H groups in total. The smallest absolute Gasteiger partial charge is 0.274 e. The summed E-state index contributed by atoms with van der Waals surface area (Å²) in [5, 5.41) is 0.991. The lowest BCUT2D eigenvalue weighted by molar-refractivity contribution is 0.0299. The maximum atomic E-state index is 12.6. The van der Waals surface area contributed by atoms with Crippen LogP contribution in [0.4, 0.5) is 0 Å². The molecule has 24 heavy (non-hydrogen) atoms. The first-order valence-corrected chi connectivity index (χ1v) is 7.83. The third kappa shape index (κ3) is 2.52. The molecule has 0 aromatic carbocycles. The predicted molar refractivity (Wildman–Crippen MR) is 88.5 cm³/mol. The van der Waals surface area contributed by atoms with Crippen LogP contribution in [-0.4, -0.2) is 56.6 Å². The third-order valence-electron chi connectivity index (χ3n) is 4.20. The summed E-state index contributed by atoms with van der Waals surface area (Å²) in [6.45, 7) is 2.30. The maximum Gasteiger partial charge on any atom is 0.274 e. The summed E-state index contributed by atoms with van der Waals surface area (Å²) < 4.78 is 7.24. The Balaban J connectivity index is 1.73. The molecule has 1 fully saturated rings. The Morgan fingerprint density at radius 3 is 2.88 bits per heavy atom. The van der Waals surface area contributed by atoms with Gasteiger partial charge in [-0.15, -0.1) is 0 Å². The standard InChI is InChI=1S/C17H17N5O2/c1-21-5-3-13-12(2-4-19-16(13)21)14-10-18-11-15(20-14)17(23)22-6-8-24-9-7-22/h2-5,10-11H,6-9H2,1H3. The fourth-order valence-electron chi connectivity index (χ4n) is 2.92. The molecule has 0 unspecified atom stereocenters. The minimum absolute atomic E-state index is 0.106. The Kier molecular flexibility index (Phi) is 3.70. The monoisotopic (exact) mass is 323 g/mol. The number of hydrogen-bond donors (Lipinski definition) is 0. The van der Waals surface area contributed by atoms with Crippen LogP contribution in [0.25, 0.3) is 22.3 Å². The van der Waals surface area contributed by atoms with Gasteiger partial charge < -0.3 is 14.2 Å². The van der Waals surface area contributed by atoms with Crippen molar-refractivity contribution in [2.45, 2.75) is 0 Å². The number of carbonyl (C=O) groups excluding carboxylic acids is 1. The van der Waals surface area contributed by atoms with Crippen LogP contribution in [-0.2, 0) is 11.8 Å². The van der Waals surface area contributed by atoms with Gasteiger partial charge in [0.25, 0.3) is 5.91 Å². The summed E-state index contributed by atoms with van der Waals surface area (Å²) in [5.41, 5.74) is 2.83. The van der Waals surface area contributed by atoms with Crippen LogP contribution in [0.3, 0.4) is 0 Å². The highest BCUT2D eigenvalue weighted by Crippen LogP contribution is 2.26. The van der Waals surface area contributed by atoms with Crippen LogP contribution in [0.2, 0.25) is 0 Å². The zero-order chi connectivity index (χ0) is 16.5. The molecule has 0 spiro atoms. The largest absolute Gasteiger partial charge is 0.378 e. The van der Waals surface area contributed by atoms with E-state index in [9.17, 15) is 4.79 Å². The van der Waals surface area contributed by atoms with Crippen LogP contribution >= 0.6 is 0 Å². The summed E-state index contributed by atoms with van der Waals surface area (Å²) in [4.78, 5) is 27.5. The van der Waals surface area contributed by atoms with Gasteiger partial charge >= 0.3 is 0 Å².